The molecule has 0 aliphatic carbocycles. The zero-order valence-corrected chi connectivity index (χ0v) is 11.7. The lowest BCUT2D eigenvalue weighted by Crippen LogP contribution is -2.41. The molecule has 1 atom stereocenters. The van der Waals surface area contributed by atoms with Gasteiger partial charge in [-0.25, -0.2) is 4.39 Å². The molecule has 19 heavy (non-hydrogen) atoms. The molecule has 1 saturated heterocycles. The molecule has 0 bridgehead atoms. The zero-order chi connectivity index (χ0) is 13.8. The highest BCUT2D eigenvalue weighted by Crippen LogP contribution is 2.21. The van der Waals surface area contributed by atoms with Gasteiger partial charge < -0.3 is 10.2 Å². The zero-order valence-electron chi connectivity index (χ0n) is 11.0. The summed E-state index contributed by atoms with van der Waals surface area (Å²) < 4.78 is 13.7. The first-order valence-corrected chi connectivity index (χ1v) is 6.86. The summed E-state index contributed by atoms with van der Waals surface area (Å²) in [5.41, 5.74) is 0.379. The van der Waals surface area contributed by atoms with Crippen LogP contribution in [0.15, 0.2) is 18.2 Å². The molecule has 1 aliphatic heterocycles. The largest absolute Gasteiger partial charge is 0.341 e. The molecule has 1 unspecified atom stereocenters. The van der Waals surface area contributed by atoms with Gasteiger partial charge in [0.15, 0.2) is 0 Å². The van der Waals surface area contributed by atoms with Gasteiger partial charge in [0.05, 0.1) is 5.92 Å². The van der Waals surface area contributed by atoms with E-state index in [1.165, 1.54) is 6.07 Å². The van der Waals surface area contributed by atoms with Crippen LogP contribution < -0.4 is 5.32 Å². The van der Waals surface area contributed by atoms with Gasteiger partial charge in [-0.2, -0.15) is 0 Å². The lowest BCUT2D eigenvalue weighted by atomic mass is 9.98. The van der Waals surface area contributed by atoms with Gasteiger partial charge in [0, 0.05) is 30.7 Å². The third-order valence-electron chi connectivity index (χ3n) is 3.48. The number of rotatable bonds is 3. The van der Waals surface area contributed by atoms with E-state index < -0.39 is 0 Å². The molecular formula is C14H18ClFN2O. The van der Waals surface area contributed by atoms with Crippen molar-refractivity contribution in [1.82, 2.24) is 10.2 Å². The lowest BCUT2D eigenvalue weighted by Gasteiger charge is -2.27. The summed E-state index contributed by atoms with van der Waals surface area (Å²) in [6.07, 6.45) is 1.89. The van der Waals surface area contributed by atoms with Gasteiger partial charge in [0.1, 0.15) is 5.82 Å². The van der Waals surface area contributed by atoms with Crippen molar-refractivity contribution >= 4 is 17.5 Å². The molecule has 2 rings (SSSR count). The molecule has 0 aromatic heterocycles. The summed E-state index contributed by atoms with van der Waals surface area (Å²) in [4.78, 5) is 13.8. The van der Waals surface area contributed by atoms with Crippen molar-refractivity contribution in [1.29, 1.82) is 0 Å². The number of carbonyl (C=O) groups excluding carboxylic acids is 1. The van der Waals surface area contributed by atoms with Gasteiger partial charge in [0.2, 0.25) is 5.91 Å². The van der Waals surface area contributed by atoms with Crippen LogP contribution in [-0.2, 0) is 11.3 Å². The molecule has 3 nitrogen and oxygen atoms in total. The van der Waals surface area contributed by atoms with Crippen LogP contribution in [-0.4, -0.2) is 30.9 Å². The fourth-order valence-corrected chi connectivity index (χ4v) is 2.60. The Balaban J connectivity index is 2.03. The number of nitrogens with zero attached hydrogens (tertiary/aromatic N) is 1. The fraction of sp³-hybridized carbons (Fsp3) is 0.500. The molecule has 1 amide bonds. The first-order valence-electron chi connectivity index (χ1n) is 6.48. The van der Waals surface area contributed by atoms with Crippen LogP contribution in [0, 0.1) is 11.7 Å². The SMILES string of the molecule is CN(Cc1c(F)cccc1Cl)C(=O)C1CCCNC1. The summed E-state index contributed by atoms with van der Waals surface area (Å²) in [5, 5.41) is 3.57. The van der Waals surface area contributed by atoms with E-state index in [1.807, 2.05) is 0 Å². The van der Waals surface area contributed by atoms with Crippen molar-refractivity contribution in [2.75, 3.05) is 20.1 Å². The molecule has 1 aromatic rings. The van der Waals surface area contributed by atoms with Crippen LogP contribution >= 0.6 is 11.6 Å². The van der Waals surface area contributed by atoms with E-state index in [0.717, 1.165) is 19.4 Å². The maximum Gasteiger partial charge on any atom is 0.227 e. The van der Waals surface area contributed by atoms with Gasteiger partial charge in [-0.05, 0) is 31.5 Å². The Kier molecular flexibility index (Phi) is 4.77. The average molecular weight is 285 g/mol. The highest BCUT2D eigenvalue weighted by atomic mass is 35.5. The van der Waals surface area contributed by atoms with Gasteiger partial charge in [-0.3, -0.25) is 4.79 Å². The average Bonchev–Trinajstić information content (AvgIpc) is 2.43. The van der Waals surface area contributed by atoms with E-state index in [9.17, 15) is 9.18 Å². The predicted molar refractivity (Wildman–Crippen MR) is 73.5 cm³/mol. The number of nitrogens with one attached hydrogen (secondary N) is 1. The summed E-state index contributed by atoms with van der Waals surface area (Å²) in [6, 6.07) is 4.57. The molecule has 104 valence electrons. The van der Waals surface area contributed by atoms with E-state index in [4.69, 9.17) is 11.6 Å². The van der Waals surface area contributed by atoms with E-state index >= 15 is 0 Å². The minimum atomic E-state index is -0.367. The van der Waals surface area contributed by atoms with Crippen LogP contribution in [0.1, 0.15) is 18.4 Å². The standard InChI is InChI=1S/C14H18ClFN2O/c1-18(14(19)10-4-3-7-17-8-10)9-11-12(15)5-2-6-13(11)16/h2,5-6,10,17H,3-4,7-9H2,1H3. The van der Waals surface area contributed by atoms with Crippen molar-refractivity contribution in [3.05, 3.63) is 34.6 Å². The smallest absolute Gasteiger partial charge is 0.227 e. The van der Waals surface area contributed by atoms with Gasteiger partial charge >= 0.3 is 0 Å². The Morgan fingerprint density at radius 1 is 1.58 bits per heavy atom. The third-order valence-corrected chi connectivity index (χ3v) is 3.83. The number of hydrogen-bond acceptors (Lipinski definition) is 2. The highest BCUT2D eigenvalue weighted by Gasteiger charge is 2.24. The monoisotopic (exact) mass is 284 g/mol. The molecule has 1 heterocycles. The van der Waals surface area contributed by atoms with Crippen LogP contribution in [0.3, 0.4) is 0 Å². The number of piperidine rings is 1. The second-order valence-electron chi connectivity index (χ2n) is 4.94. The number of amides is 1. The van der Waals surface area contributed by atoms with E-state index in [1.54, 1.807) is 24.1 Å². The molecule has 0 spiro atoms. The lowest BCUT2D eigenvalue weighted by molar-refractivity contribution is -0.135. The molecule has 1 aliphatic rings. The van der Waals surface area contributed by atoms with Crippen molar-refractivity contribution in [3.63, 3.8) is 0 Å². The maximum absolute atomic E-state index is 13.7. The summed E-state index contributed by atoms with van der Waals surface area (Å²) in [6.45, 7) is 1.88. The Bertz CT molecular complexity index is 441. The van der Waals surface area contributed by atoms with Crippen molar-refractivity contribution in [2.24, 2.45) is 5.92 Å². The molecule has 1 fully saturated rings. The predicted octanol–water partition coefficient (Wildman–Crippen LogP) is 2.44. The van der Waals surface area contributed by atoms with E-state index in [2.05, 4.69) is 5.32 Å². The Labute approximate surface area is 117 Å². The topological polar surface area (TPSA) is 32.3 Å². The van der Waals surface area contributed by atoms with E-state index in [0.29, 0.717) is 17.1 Å². The van der Waals surface area contributed by atoms with Crippen molar-refractivity contribution in [2.45, 2.75) is 19.4 Å². The fourth-order valence-electron chi connectivity index (χ4n) is 2.37. The molecule has 1 N–H and O–H groups in total. The van der Waals surface area contributed by atoms with Crippen LogP contribution in [0.2, 0.25) is 5.02 Å². The quantitative estimate of drug-likeness (QED) is 0.925. The summed E-state index contributed by atoms with van der Waals surface area (Å²) in [7, 11) is 1.69. The number of carbonyl (C=O) groups is 1. The first-order chi connectivity index (χ1) is 9.09. The molecule has 0 radical (unpaired) electrons. The normalized spacial score (nSPS) is 19.2. The molecule has 5 heteroatoms. The maximum atomic E-state index is 13.7. The minimum absolute atomic E-state index is 0.00991. The van der Waals surface area contributed by atoms with Crippen LogP contribution in [0.4, 0.5) is 4.39 Å². The minimum Gasteiger partial charge on any atom is -0.341 e. The van der Waals surface area contributed by atoms with Crippen molar-refractivity contribution in [3.8, 4) is 0 Å². The summed E-state index contributed by atoms with van der Waals surface area (Å²) >= 11 is 5.97. The Hall–Kier alpha value is -1.13. The second kappa shape index (κ2) is 6.35. The van der Waals surface area contributed by atoms with Gasteiger partial charge in [-0.15, -0.1) is 0 Å². The first kappa shape index (κ1) is 14.3. The number of hydrogen-bond donors (Lipinski definition) is 1. The molecule has 1 aromatic carbocycles. The third kappa shape index (κ3) is 3.45. The second-order valence-corrected chi connectivity index (χ2v) is 5.34. The Morgan fingerprint density at radius 2 is 2.37 bits per heavy atom. The van der Waals surface area contributed by atoms with Gasteiger partial charge in [0.25, 0.3) is 0 Å². The molecular weight excluding hydrogens is 267 g/mol. The highest BCUT2D eigenvalue weighted by molar-refractivity contribution is 6.31. The van der Waals surface area contributed by atoms with Crippen LogP contribution in [0.5, 0.6) is 0 Å². The summed E-state index contributed by atoms with van der Waals surface area (Å²) in [5.74, 6) is -0.329. The van der Waals surface area contributed by atoms with Gasteiger partial charge in [-0.1, -0.05) is 17.7 Å². The number of halogens is 2. The Morgan fingerprint density at radius 3 is 3.00 bits per heavy atom. The molecule has 0 saturated carbocycles. The van der Waals surface area contributed by atoms with E-state index in [-0.39, 0.29) is 24.2 Å². The van der Waals surface area contributed by atoms with Crippen LogP contribution in [0.25, 0.3) is 0 Å². The van der Waals surface area contributed by atoms with Crippen molar-refractivity contribution < 1.29 is 9.18 Å². The number of benzene rings is 1.